The molecule has 2 heteroatoms. The summed E-state index contributed by atoms with van der Waals surface area (Å²) in [6, 6.07) is 12.6. The van der Waals surface area contributed by atoms with Crippen LogP contribution in [0.5, 0.6) is 0 Å². The minimum Gasteiger partial charge on any atom is -0.399 e. The van der Waals surface area contributed by atoms with E-state index in [4.69, 9.17) is 5.73 Å². The highest BCUT2D eigenvalue weighted by atomic mass is 32.1. The monoisotopic (exact) mass is 213 g/mol. The van der Waals surface area contributed by atoms with Crippen molar-refractivity contribution in [1.82, 2.24) is 0 Å². The van der Waals surface area contributed by atoms with E-state index in [0.29, 0.717) is 0 Å². The molecule has 0 aliphatic carbocycles. The molecule has 0 fully saturated rings. The predicted octanol–water partition coefficient (Wildman–Crippen LogP) is 3.95. The first-order valence-corrected chi connectivity index (χ1v) is 5.75. The van der Waals surface area contributed by atoms with E-state index in [-0.39, 0.29) is 0 Å². The lowest BCUT2D eigenvalue weighted by Crippen LogP contribution is -1.84. The highest BCUT2D eigenvalue weighted by Gasteiger charge is 2.06. The van der Waals surface area contributed by atoms with E-state index < -0.39 is 0 Å². The number of thiophene rings is 1. The molecule has 0 atom stereocenters. The Morgan fingerprint density at radius 2 is 1.87 bits per heavy atom. The molecule has 2 N–H and O–H groups in total. The molecule has 0 unspecified atom stereocenters. The van der Waals surface area contributed by atoms with Crippen molar-refractivity contribution < 1.29 is 0 Å². The van der Waals surface area contributed by atoms with Crippen molar-refractivity contribution in [3.63, 3.8) is 0 Å². The normalized spacial score (nSPS) is 11.3. The fourth-order valence-electron chi connectivity index (χ4n) is 2.03. The summed E-state index contributed by atoms with van der Waals surface area (Å²) >= 11 is 1.84. The molecule has 1 heterocycles. The third kappa shape index (κ3) is 1.22. The van der Waals surface area contributed by atoms with Crippen LogP contribution in [-0.4, -0.2) is 0 Å². The molecular formula is C13H11NS. The minimum atomic E-state index is 0.851. The third-order valence-electron chi connectivity index (χ3n) is 2.69. The Labute approximate surface area is 92.1 Å². The molecule has 74 valence electrons. The van der Waals surface area contributed by atoms with Crippen molar-refractivity contribution in [3.8, 4) is 0 Å². The first-order chi connectivity index (χ1) is 7.25. The highest BCUT2D eigenvalue weighted by molar-refractivity contribution is 7.26. The number of aryl methyl sites for hydroxylation is 1. The van der Waals surface area contributed by atoms with Gasteiger partial charge in [0.25, 0.3) is 0 Å². The molecule has 15 heavy (non-hydrogen) atoms. The number of hydrogen-bond donors (Lipinski definition) is 1. The van der Waals surface area contributed by atoms with Gasteiger partial charge in [0.05, 0.1) is 0 Å². The Bertz CT molecular complexity index is 652. The van der Waals surface area contributed by atoms with Gasteiger partial charge in [0, 0.05) is 25.9 Å². The second-order valence-electron chi connectivity index (χ2n) is 3.81. The topological polar surface area (TPSA) is 26.0 Å². The van der Waals surface area contributed by atoms with E-state index >= 15 is 0 Å². The Hall–Kier alpha value is -1.54. The maximum Gasteiger partial charge on any atom is 0.0386 e. The van der Waals surface area contributed by atoms with Gasteiger partial charge >= 0.3 is 0 Å². The predicted molar refractivity (Wildman–Crippen MR) is 68.5 cm³/mol. The lowest BCUT2D eigenvalue weighted by Gasteiger charge is -1.98. The third-order valence-corrected chi connectivity index (χ3v) is 4.01. The van der Waals surface area contributed by atoms with Crippen molar-refractivity contribution in [1.29, 1.82) is 0 Å². The van der Waals surface area contributed by atoms with Gasteiger partial charge in [-0.3, -0.25) is 0 Å². The summed E-state index contributed by atoms with van der Waals surface area (Å²) < 4.78 is 2.69. The summed E-state index contributed by atoms with van der Waals surface area (Å²) in [4.78, 5) is 0. The van der Waals surface area contributed by atoms with Gasteiger partial charge in [-0.2, -0.15) is 0 Å². The summed E-state index contributed by atoms with van der Waals surface area (Å²) in [5.41, 5.74) is 8.00. The Morgan fingerprint density at radius 3 is 2.73 bits per heavy atom. The van der Waals surface area contributed by atoms with Crippen molar-refractivity contribution in [3.05, 3.63) is 42.0 Å². The summed E-state index contributed by atoms with van der Waals surface area (Å²) in [6.07, 6.45) is 0. The SMILES string of the molecule is Cc1cc(N)cc2c1sc1ccccc12. The Kier molecular flexibility index (Phi) is 1.73. The van der Waals surface area contributed by atoms with Crippen LogP contribution in [0.4, 0.5) is 5.69 Å². The number of fused-ring (bicyclic) bond motifs is 3. The van der Waals surface area contributed by atoms with Crippen LogP contribution >= 0.6 is 11.3 Å². The van der Waals surface area contributed by atoms with E-state index in [2.05, 4.69) is 37.3 Å². The molecule has 0 radical (unpaired) electrons. The minimum absolute atomic E-state index is 0.851. The van der Waals surface area contributed by atoms with E-state index in [9.17, 15) is 0 Å². The van der Waals surface area contributed by atoms with Gasteiger partial charge in [-0.15, -0.1) is 11.3 Å². The first-order valence-electron chi connectivity index (χ1n) is 4.93. The van der Waals surface area contributed by atoms with Gasteiger partial charge in [0.1, 0.15) is 0 Å². The summed E-state index contributed by atoms with van der Waals surface area (Å²) in [6.45, 7) is 2.12. The smallest absolute Gasteiger partial charge is 0.0386 e. The molecule has 1 aromatic heterocycles. The van der Waals surface area contributed by atoms with Crippen LogP contribution in [0.15, 0.2) is 36.4 Å². The number of nitrogens with two attached hydrogens (primary N) is 1. The lowest BCUT2D eigenvalue weighted by molar-refractivity contribution is 1.56. The molecule has 2 aromatic carbocycles. The van der Waals surface area contributed by atoms with E-state index in [1.54, 1.807) is 0 Å². The number of nitrogen functional groups attached to an aromatic ring is 1. The Balaban J connectivity index is 2.61. The van der Waals surface area contributed by atoms with Gasteiger partial charge in [0.2, 0.25) is 0 Å². The molecule has 0 amide bonds. The van der Waals surface area contributed by atoms with Gasteiger partial charge in [0.15, 0.2) is 0 Å². The molecule has 0 bridgehead atoms. The number of rotatable bonds is 0. The largest absolute Gasteiger partial charge is 0.399 e. The van der Waals surface area contributed by atoms with E-state index in [1.807, 2.05) is 17.4 Å². The second kappa shape index (κ2) is 2.97. The zero-order valence-corrected chi connectivity index (χ0v) is 9.27. The van der Waals surface area contributed by atoms with Gasteiger partial charge < -0.3 is 5.73 Å². The lowest BCUT2D eigenvalue weighted by atomic mass is 10.1. The van der Waals surface area contributed by atoms with Crippen molar-refractivity contribution in [2.75, 3.05) is 5.73 Å². The maximum absolute atomic E-state index is 5.88. The Morgan fingerprint density at radius 1 is 1.07 bits per heavy atom. The quantitative estimate of drug-likeness (QED) is 0.562. The summed E-state index contributed by atoms with van der Waals surface area (Å²) in [5.74, 6) is 0. The van der Waals surface area contributed by atoms with Crippen LogP contribution in [0.25, 0.3) is 20.2 Å². The zero-order chi connectivity index (χ0) is 10.4. The fraction of sp³-hybridized carbons (Fsp3) is 0.0769. The second-order valence-corrected chi connectivity index (χ2v) is 4.86. The molecule has 0 saturated heterocycles. The van der Waals surface area contributed by atoms with Crippen LogP contribution in [0.3, 0.4) is 0 Å². The van der Waals surface area contributed by atoms with Crippen LogP contribution in [0.1, 0.15) is 5.56 Å². The van der Waals surface area contributed by atoms with Crippen LogP contribution < -0.4 is 5.73 Å². The first kappa shape index (κ1) is 8.74. The molecule has 3 aromatic rings. The molecule has 1 nitrogen and oxygen atoms in total. The fourth-order valence-corrected chi connectivity index (χ4v) is 3.18. The van der Waals surface area contributed by atoms with Gasteiger partial charge in [-0.1, -0.05) is 18.2 Å². The molecule has 0 spiro atoms. The van der Waals surface area contributed by atoms with Crippen LogP contribution in [0, 0.1) is 6.92 Å². The average molecular weight is 213 g/mol. The van der Waals surface area contributed by atoms with E-state index in [0.717, 1.165) is 5.69 Å². The average Bonchev–Trinajstić information content (AvgIpc) is 2.57. The standard InChI is InChI=1S/C13H11NS/c1-8-6-9(14)7-11-10-4-2-3-5-12(10)15-13(8)11/h2-7H,14H2,1H3. The summed E-state index contributed by atoms with van der Waals surface area (Å²) in [7, 11) is 0. The summed E-state index contributed by atoms with van der Waals surface area (Å²) in [5, 5.41) is 2.60. The molecule has 0 aliphatic rings. The van der Waals surface area contributed by atoms with Gasteiger partial charge in [-0.25, -0.2) is 0 Å². The molecule has 0 saturated carbocycles. The molecule has 0 aliphatic heterocycles. The van der Waals surface area contributed by atoms with Gasteiger partial charge in [-0.05, 0) is 30.7 Å². The van der Waals surface area contributed by atoms with Crippen molar-refractivity contribution >= 4 is 37.2 Å². The van der Waals surface area contributed by atoms with Crippen molar-refractivity contribution in [2.45, 2.75) is 6.92 Å². The highest BCUT2D eigenvalue weighted by Crippen LogP contribution is 2.36. The van der Waals surface area contributed by atoms with Crippen LogP contribution in [0.2, 0.25) is 0 Å². The number of benzene rings is 2. The number of anilines is 1. The van der Waals surface area contributed by atoms with Crippen LogP contribution in [-0.2, 0) is 0 Å². The molecular weight excluding hydrogens is 202 g/mol. The van der Waals surface area contributed by atoms with E-state index in [1.165, 1.54) is 25.7 Å². The zero-order valence-electron chi connectivity index (χ0n) is 8.45. The number of hydrogen-bond acceptors (Lipinski definition) is 2. The maximum atomic E-state index is 5.88. The molecule has 3 rings (SSSR count). The van der Waals surface area contributed by atoms with Crippen molar-refractivity contribution in [2.24, 2.45) is 0 Å².